The lowest BCUT2D eigenvalue weighted by Crippen LogP contribution is -2.28. The third kappa shape index (κ3) is 2.70. The van der Waals surface area contributed by atoms with E-state index in [9.17, 15) is 4.79 Å². The standard InChI is InChI=1S/C18H16N2OS/c1-12-6-5-9-15(10-12)20-17(21)16(22-18(20)19)11-14-8-4-3-7-13(14)2/h3-11,19H,1-2H3/b16-11-,19-18?. The van der Waals surface area contributed by atoms with E-state index in [-0.39, 0.29) is 11.1 Å². The Hall–Kier alpha value is -2.33. The van der Waals surface area contributed by atoms with Gasteiger partial charge in [-0.1, -0.05) is 36.4 Å². The molecule has 1 aliphatic rings. The number of carbonyl (C=O) groups excluding carboxylic acids is 1. The van der Waals surface area contributed by atoms with Gasteiger partial charge in [-0.2, -0.15) is 0 Å². The van der Waals surface area contributed by atoms with Gasteiger partial charge in [0.1, 0.15) is 0 Å². The van der Waals surface area contributed by atoms with E-state index in [2.05, 4.69) is 0 Å². The van der Waals surface area contributed by atoms with E-state index in [1.54, 1.807) is 0 Å². The van der Waals surface area contributed by atoms with Gasteiger partial charge in [0.2, 0.25) is 0 Å². The van der Waals surface area contributed by atoms with Crippen LogP contribution in [0.2, 0.25) is 0 Å². The molecule has 1 heterocycles. The molecule has 0 saturated carbocycles. The summed E-state index contributed by atoms with van der Waals surface area (Å²) in [6, 6.07) is 15.6. The van der Waals surface area contributed by atoms with Crippen molar-refractivity contribution in [2.45, 2.75) is 13.8 Å². The third-order valence-electron chi connectivity index (χ3n) is 3.56. The molecule has 22 heavy (non-hydrogen) atoms. The van der Waals surface area contributed by atoms with Crippen molar-refractivity contribution >= 4 is 34.6 Å². The van der Waals surface area contributed by atoms with Crippen molar-refractivity contribution in [1.29, 1.82) is 5.41 Å². The van der Waals surface area contributed by atoms with Crippen LogP contribution in [0.25, 0.3) is 6.08 Å². The zero-order chi connectivity index (χ0) is 15.7. The van der Waals surface area contributed by atoms with Crippen LogP contribution in [0.4, 0.5) is 5.69 Å². The van der Waals surface area contributed by atoms with Crippen LogP contribution in [0, 0.1) is 19.3 Å². The molecule has 0 aliphatic carbocycles. The number of rotatable bonds is 2. The van der Waals surface area contributed by atoms with Gasteiger partial charge in [-0.15, -0.1) is 0 Å². The van der Waals surface area contributed by atoms with Crippen LogP contribution in [-0.4, -0.2) is 11.1 Å². The molecule has 3 rings (SSSR count). The third-order valence-corrected chi connectivity index (χ3v) is 4.45. The van der Waals surface area contributed by atoms with Crippen molar-refractivity contribution in [2.24, 2.45) is 0 Å². The number of benzene rings is 2. The molecular weight excluding hydrogens is 292 g/mol. The molecule has 1 saturated heterocycles. The van der Waals surface area contributed by atoms with Gasteiger partial charge in [0.25, 0.3) is 5.91 Å². The highest BCUT2D eigenvalue weighted by Crippen LogP contribution is 2.35. The largest absolute Gasteiger partial charge is 0.278 e. The maximum Gasteiger partial charge on any atom is 0.271 e. The molecule has 0 unspecified atom stereocenters. The minimum absolute atomic E-state index is 0.135. The summed E-state index contributed by atoms with van der Waals surface area (Å²) in [6.07, 6.45) is 1.87. The van der Waals surface area contributed by atoms with Crippen LogP contribution in [0.15, 0.2) is 53.4 Å². The predicted octanol–water partition coefficient (Wildman–Crippen LogP) is 4.36. The number of hydrogen-bond donors (Lipinski definition) is 1. The van der Waals surface area contributed by atoms with E-state index in [4.69, 9.17) is 5.41 Å². The minimum atomic E-state index is -0.135. The lowest BCUT2D eigenvalue weighted by Gasteiger charge is -2.14. The molecule has 1 fully saturated rings. The normalized spacial score (nSPS) is 16.6. The highest BCUT2D eigenvalue weighted by atomic mass is 32.2. The SMILES string of the molecule is Cc1cccc(N2C(=N)S/C(=C\c3ccccc3C)C2=O)c1. The van der Waals surface area contributed by atoms with Crippen LogP contribution in [-0.2, 0) is 4.79 Å². The highest BCUT2D eigenvalue weighted by Gasteiger charge is 2.33. The van der Waals surface area contributed by atoms with Crippen LogP contribution < -0.4 is 4.90 Å². The predicted molar refractivity (Wildman–Crippen MR) is 93.1 cm³/mol. The molecule has 4 heteroatoms. The van der Waals surface area contributed by atoms with Crippen molar-refractivity contribution < 1.29 is 4.79 Å². The molecule has 0 spiro atoms. The number of amides is 1. The molecule has 110 valence electrons. The monoisotopic (exact) mass is 308 g/mol. The van der Waals surface area contributed by atoms with Gasteiger partial charge < -0.3 is 0 Å². The van der Waals surface area contributed by atoms with Crippen LogP contribution >= 0.6 is 11.8 Å². The van der Waals surface area contributed by atoms with Crippen LogP contribution in [0.1, 0.15) is 16.7 Å². The summed E-state index contributed by atoms with van der Waals surface area (Å²) < 4.78 is 0. The van der Waals surface area contributed by atoms with Gasteiger partial charge in [0, 0.05) is 0 Å². The average Bonchev–Trinajstić information content (AvgIpc) is 2.76. The fourth-order valence-corrected chi connectivity index (χ4v) is 3.23. The van der Waals surface area contributed by atoms with E-state index >= 15 is 0 Å². The van der Waals surface area contributed by atoms with Crippen molar-refractivity contribution in [3.8, 4) is 0 Å². The summed E-state index contributed by atoms with van der Waals surface area (Å²) in [5.74, 6) is -0.135. The molecule has 0 aromatic heterocycles. The number of amidine groups is 1. The number of hydrogen-bond acceptors (Lipinski definition) is 3. The number of aryl methyl sites for hydroxylation is 2. The Kier molecular flexibility index (Phi) is 3.86. The summed E-state index contributed by atoms with van der Waals surface area (Å²) in [4.78, 5) is 14.7. The van der Waals surface area contributed by atoms with Gasteiger partial charge in [-0.05, 0) is 60.5 Å². The topological polar surface area (TPSA) is 44.2 Å². The van der Waals surface area contributed by atoms with Crippen molar-refractivity contribution in [3.63, 3.8) is 0 Å². The number of anilines is 1. The van der Waals surface area contributed by atoms with Crippen molar-refractivity contribution in [3.05, 3.63) is 70.1 Å². The first-order valence-corrected chi connectivity index (χ1v) is 7.83. The van der Waals surface area contributed by atoms with Gasteiger partial charge in [0.15, 0.2) is 5.17 Å². The molecule has 2 aromatic rings. The number of thioether (sulfide) groups is 1. The second-order valence-corrected chi connectivity index (χ2v) is 6.28. The van der Waals surface area contributed by atoms with E-state index in [0.717, 1.165) is 22.4 Å². The quantitative estimate of drug-likeness (QED) is 0.838. The molecule has 3 nitrogen and oxygen atoms in total. The van der Waals surface area contributed by atoms with Gasteiger partial charge >= 0.3 is 0 Å². The lowest BCUT2D eigenvalue weighted by molar-refractivity contribution is -0.113. The average molecular weight is 308 g/mol. The minimum Gasteiger partial charge on any atom is -0.278 e. The summed E-state index contributed by atoms with van der Waals surface area (Å²) >= 11 is 1.21. The molecule has 0 atom stereocenters. The molecular formula is C18H16N2OS. The lowest BCUT2D eigenvalue weighted by atomic mass is 10.1. The Balaban J connectivity index is 1.97. The summed E-state index contributed by atoms with van der Waals surface area (Å²) in [7, 11) is 0. The number of nitrogens with zero attached hydrogens (tertiary/aromatic N) is 1. The van der Waals surface area contributed by atoms with Gasteiger partial charge in [0.05, 0.1) is 10.6 Å². The van der Waals surface area contributed by atoms with Crippen LogP contribution in [0.5, 0.6) is 0 Å². The Morgan fingerprint density at radius 1 is 1.09 bits per heavy atom. The Morgan fingerprint density at radius 3 is 2.59 bits per heavy atom. The second-order valence-electron chi connectivity index (χ2n) is 5.25. The fourth-order valence-electron chi connectivity index (χ4n) is 2.38. The fraction of sp³-hybridized carbons (Fsp3) is 0.111. The molecule has 1 aliphatic heterocycles. The van der Waals surface area contributed by atoms with E-state index in [1.807, 2.05) is 68.5 Å². The Morgan fingerprint density at radius 2 is 1.86 bits per heavy atom. The number of carbonyl (C=O) groups is 1. The molecule has 0 bridgehead atoms. The Labute approximate surface area is 134 Å². The molecule has 2 aromatic carbocycles. The number of nitrogens with one attached hydrogen (secondary N) is 1. The van der Waals surface area contributed by atoms with Crippen molar-refractivity contribution in [1.82, 2.24) is 0 Å². The highest BCUT2D eigenvalue weighted by molar-refractivity contribution is 8.19. The molecule has 0 radical (unpaired) electrons. The van der Waals surface area contributed by atoms with E-state index in [0.29, 0.717) is 4.91 Å². The molecule has 1 amide bonds. The Bertz CT molecular complexity index is 795. The van der Waals surface area contributed by atoms with E-state index < -0.39 is 0 Å². The second kappa shape index (κ2) is 5.81. The maximum absolute atomic E-state index is 12.6. The maximum atomic E-state index is 12.6. The van der Waals surface area contributed by atoms with Gasteiger partial charge in [-0.25, -0.2) is 0 Å². The first kappa shape index (κ1) is 14.6. The first-order chi connectivity index (χ1) is 10.6. The van der Waals surface area contributed by atoms with Gasteiger partial charge in [-0.3, -0.25) is 15.1 Å². The summed E-state index contributed by atoms with van der Waals surface area (Å²) in [5.41, 5.74) is 3.94. The van der Waals surface area contributed by atoms with E-state index in [1.165, 1.54) is 16.7 Å². The summed E-state index contributed by atoms with van der Waals surface area (Å²) in [6.45, 7) is 3.99. The smallest absolute Gasteiger partial charge is 0.271 e. The molecule has 1 N–H and O–H groups in total. The summed E-state index contributed by atoms with van der Waals surface area (Å²) in [5, 5.41) is 8.37. The van der Waals surface area contributed by atoms with Crippen LogP contribution in [0.3, 0.4) is 0 Å². The first-order valence-electron chi connectivity index (χ1n) is 7.01. The van der Waals surface area contributed by atoms with Crippen molar-refractivity contribution in [2.75, 3.05) is 4.90 Å². The zero-order valence-corrected chi connectivity index (χ0v) is 13.3. The zero-order valence-electron chi connectivity index (χ0n) is 12.5.